The first kappa shape index (κ1) is 13.2. The lowest BCUT2D eigenvalue weighted by Gasteiger charge is -2.11. The van der Waals surface area contributed by atoms with Gasteiger partial charge in [0.2, 0.25) is 10.0 Å². The van der Waals surface area contributed by atoms with Crippen LogP contribution in [-0.2, 0) is 14.9 Å². The minimum absolute atomic E-state index is 0.151. The fraction of sp³-hybridized carbons (Fsp3) is 0.556. The van der Waals surface area contributed by atoms with Gasteiger partial charge in [0.05, 0.1) is 12.4 Å². The fourth-order valence-electron chi connectivity index (χ4n) is 1.25. The number of sulfonamides is 1. The molecule has 0 unspecified atom stereocenters. The Morgan fingerprint density at radius 1 is 1.61 bits per heavy atom. The molecule has 0 saturated heterocycles. The molecular formula is C9H13N3O4S2. The molecule has 1 aliphatic carbocycles. The highest BCUT2D eigenvalue weighted by molar-refractivity contribution is 7.93. The number of thiazole rings is 1. The lowest BCUT2D eigenvalue weighted by molar-refractivity contribution is -0.0759. The lowest BCUT2D eigenvalue weighted by atomic mass is 10.5. The molecule has 0 aromatic carbocycles. The quantitative estimate of drug-likeness (QED) is 0.806. The number of carbonyl (C=O) groups excluding carboxylic acids is 1. The maximum atomic E-state index is 11.7. The Kier molecular flexibility index (Phi) is 3.55. The van der Waals surface area contributed by atoms with E-state index in [0.29, 0.717) is 12.8 Å². The van der Waals surface area contributed by atoms with Crippen molar-refractivity contribution < 1.29 is 18.0 Å². The van der Waals surface area contributed by atoms with Gasteiger partial charge in [0, 0.05) is 12.4 Å². The van der Waals surface area contributed by atoms with Crippen LogP contribution in [0.5, 0.6) is 0 Å². The van der Waals surface area contributed by atoms with Crippen molar-refractivity contribution in [3.63, 3.8) is 0 Å². The van der Waals surface area contributed by atoms with Gasteiger partial charge in [0.15, 0.2) is 5.13 Å². The monoisotopic (exact) mass is 291 g/mol. The van der Waals surface area contributed by atoms with E-state index < -0.39 is 15.9 Å². The Morgan fingerprint density at radius 3 is 2.83 bits per heavy atom. The first-order valence-corrected chi connectivity index (χ1v) is 7.66. The number of hydrogen-bond acceptors (Lipinski definition) is 6. The summed E-state index contributed by atoms with van der Waals surface area (Å²) in [6, 6.07) is 0. The van der Waals surface area contributed by atoms with E-state index in [1.54, 1.807) is 0 Å². The summed E-state index contributed by atoms with van der Waals surface area (Å²) in [4.78, 5) is 20.3. The topological polar surface area (TPSA) is 88.6 Å². The summed E-state index contributed by atoms with van der Waals surface area (Å²) in [6.45, 7) is 0. The molecule has 100 valence electrons. The SMILES string of the molecule is CON(C)C(=O)c1csc(NS(=O)(=O)C2CC2)n1. The Balaban J connectivity index is 2.08. The average Bonchev–Trinajstić information content (AvgIpc) is 3.10. The van der Waals surface area contributed by atoms with Crippen molar-refractivity contribution in [2.24, 2.45) is 0 Å². The molecule has 1 aromatic rings. The van der Waals surface area contributed by atoms with E-state index in [4.69, 9.17) is 4.84 Å². The van der Waals surface area contributed by atoms with Crippen LogP contribution in [-0.4, -0.2) is 43.8 Å². The second kappa shape index (κ2) is 4.82. The number of nitrogens with one attached hydrogen (secondary N) is 1. The molecule has 0 radical (unpaired) electrons. The summed E-state index contributed by atoms with van der Waals surface area (Å²) < 4.78 is 25.7. The molecule has 0 aliphatic heterocycles. The van der Waals surface area contributed by atoms with Crippen molar-refractivity contribution in [3.05, 3.63) is 11.1 Å². The Morgan fingerprint density at radius 2 is 2.28 bits per heavy atom. The second-order valence-electron chi connectivity index (χ2n) is 3.87. The summed E-state index contributed by atoms with van der Waals surface area (Å²) >= 11 is 1.07. The predicted octanol–water partition coefficient (Wildman–Crippen LogP) is 0.681. The van der Waals surface area contributed by atoms with Gasteiger partial charge in [-0.1, -0.05) is 0 Å². The number of nitrogens with zero attached hydrogens (tertiary/aromatic N) is 2. The number of hydrogen-bond donors (Lipinski definition) is 1. The Bertz CT molecular complexity index is 550. The number of anilines is 1. The third kappa shape index (κ3) is 2.79. The van der Waals surface area contributed by atoms with Gasteiger partial charge in [-0.2, -0.15) is 0 Å². The van der Waals surface area contributed by atoms with Gasteiger partial charge in [-0.15, -0.1) is 11.3 Å². The number of aromatic nitrogens is 1. The van der Waals surface area contributed by atoms with Crippen molar-refractivity contribution in [2.45, 2.75) is 18.1 Å². The van der Waals surface area contributed by atoms with Gasteiger partial charge in [-0.3, -0.25) is 14.4 Å². The molecule has 9 heteroatoms. The minimum Gasteiger partial charge on any atom is -0.274 e. The highest BCUT2D eigenvalue weighted by Gasteiger charge is 2.36. The molecule has 0 bridgehead atoms. The molecule has 1 aliphatic rings. The molecule has 1 heterocycles. The third-order valence-corrected chi connectivity index (χ3v) is 5.19. The van der Waals surface area contributed by atoms with Gasteiger partial charge in [0.25, 0.3) is 5.91 Å². The van der Waals surface area contributed by atoms with E-state index in [0.717, 1.165) is 16.4 Å². The summed E-state index contributed by atoms with van der Waals surface area (Å²) in [7, 11) is -0.520. The minimum atomic E-state index is -3.34. The summed E-state index contributed by atoms with van der Waals surface area (Å²) in [5.41, 5.74) is 0.151. The van der Waals surface area contributed by atoms with Gasteiger partial charge in [-0.05, 0) is 12.8 Å². The van der Waals surface area contributed by atoms with E-state index in [2.05, 4.69) is 9.71 Å². The molecular weight excluding hydrogens is 278 g/mol. The summed E-state index contributed by atoms with van der Waals surface area (Å²) in [6.07, 6.45) is 1.36. The predicted molar refractivity (Wildman–Crippen MR) is 66.8 cm³/mol. The smallest absolute Gasteiger partial charge is 0.274 e. The molecule has 1 saturated carbocycles. The molecule has 0 spiro atoms. The first-order chi connectivity index (χ1) is 8.44. The number of amides is 1. The lowest BCUT2D eigenvalue weighted by Crippen LogP contribution is -2.25. The third-order valence-electron chi connectivity index (χ3n) is 2.48. The van der Waals surface area contributed by atoms with Crippen LogP contribution in [0.25, 0.3) is 0 Å². The van der Waals surface area contributed by atoms with Crippen molar-refractivity contribution in [1.29, 1.82) is 0 Å². The van der Waals surface area contributed by atoms with Crippen LogP contribution >= 0.6 is 11.3 Å². The molecule has 18 heavy (non-hydrogen) atoms. The van der Waals surface area contributed by atoms with Crippen LogP contribution < -0.4 is 4.72 Å². The molecule has 1 fully saturated rings. The van der Waals surface area contributed by atoms with E-state index >= 15 is 0 Å². The van der Waals surface area contributed by atoms with E-state index in [1.807, 2.05) is 0 Å². The Hall–Kier alpha value is -1.19. The molecule has 1 aromatic heterocycles. The van der Waals surface area contributed by atoms with Crippen molar-refractivity contribution in [3.8, 4) is 0 Å². The van der Waals surface area contributed by atoms with Crippen LogP contribution in [0, 0.1) is 0 Å². The maximum Gasteiger partial charge on any atom is 0.296 e. The van der Waals surface area contributed by atoms with E-state index in [-0.39, 0.29) is 16.1 Å². The van der Waals surface area contributed by atoms with Gasteiger partial charge >= 0.3 is 0 Å². The standard InChI is InChI=1S/C9H13N3O4S2/c1-12(16-2)8(13)7-5-17-9(10-7)11-18(14,15)6-3-4-6/h5-6H,3-4H2,1-2H3,(H,10,11). The summed E-state index contributed by atoms with van der Waals surface area (Å²) in [5.74, 6) is -0.425. The zero-order valence-corrected chi connectivity index (χ0v) is 11.5. The first-order valence-electron chi connectivity index (χ1n) is 5.23. The largest absolute Gasteiger partial charge is 0.296 e. The van der Waals surface area contributed by atoms with Crippen LogP contribution in [0.4, 0.5) is 5.13 Å². The van der Waals surface area contributed by atoms with Crippen LogP contribution in [0.1, 0.15) is 23.3 Å². The van der Waals surface area contributed by atoms with Crippen LogP contribution in [0.2, 0.25) is 0 Å². The fourth-order valence-corrected chi connectivity index (χ4v) is 3.53. The van der Waals surface area contributed by atoms with Gasteiger partial charge in [0.1, 0.15) is 5.69 Å². The maximum absolute atomic E-state index is 11.7. The average molecular weight is 291 g/mol. The van der Waals surface area contributed by atoms with Crippen molar-refractivity contribution in [1.82, 2.24) is 10.0 Å². The Labute approximate surface area is 109 Å². The second-order valence-corrected chi connectivity index (χ2v) is 6.69. The molecule has 1 amide bonds. The van der Waals surface area contributed by atoms with Crippen molar-refractivity contribution >= 4 is 32.4 Å². The molecule has 2 rings (SSSR count). The van der Waals surface area contributed by atoms with Gasteiger partial charge < -0.3 is 0 Å². The molecule has 0 atom stereocenters. The van der Waals surface area contributed by atoms with Crippen LogP contribution in [0.15, 0.2) is 5.38 Å². The van der Waals surface area contributed by atoms with E-state index in [9.17, 15) is 13.2 Å². The molecule has 1 N–H and O–H groups in total. The van der Waals surface area contributed by atoms with Crippen LogP contribution in [0.3, 0.4) is 0 Å². The summed E-state index contributed by atoms with van der Waals surface area (Å²) in [5, 5.41) is 2.40. The number of rotatable bonds is 5. The van der Waals surface area contributed by atoms with Gasteiger partial charge in [-0.25, -0.2) is 18.5 Å². The van der Waals surface area contributed by atoms with Crippen molar-refractivity contribution in [2.75, 3.05) is 18.9 Å². The highest BCUT2D eigenvalue weighted by Crippen LogP contribution is 2.30. The highest BCUT2D eigenvalue weighted by atomic mass is 32.2. The van der Waals surface area contributed by atoms with E-state index in [1.165, 1.54) is 19.5 Å². The number of carbonyl (C=O) groups is 1. The normalized spacial score (nSPS) is 15.4. The zero-order valence-electron chi connectivity index (χ0n) is 9.91. The number of hydroxylamine groups is 2. The zero-order chi connectivity index (χ0) is 13.3. The molecule has 7 nitrogen and oxygen atoms in total.